The minimum absolute atomic E-state index is 0.0813. The van der Waals surface area contributed by atoms with Gasteiger partial charge in [-0.05, 0) is 36.1 Å². The lowest BCUT2D eigenvalue weighted by Crippen LogP contribution is -2.00. The second-order valence-electron chi connectivity index (χ2n) is 5.91. The van der Waals surface area contributed by atoms with Gasteiger partial charge >= 0.3 is 0 Å². The van der Waals surface area contributed by atoms with E-state index in [-0.39, 0.29) is 6.61 Å². The number of rotatable bonds is 6. The molecule has 1 aliphatic carbocycles. The zero-order valence-electron chi connectivity index (χ0n) is 13.2. The Morgan fingerprint density at radius 3 is 2.54 bits per heavy atom. The van der Waals surface area contributed by atoms with E-state index in [0.717, 1.165) is 27.9 Å². The van der Waals surface area contributed by atoms with Crippen molar-refractivity contribution in [3.05, 3.63) is 59.9 Å². The summed E-state index contributed by atoms with van der Waals surface area (Å²) in [6, 6.07) is 12.5. The number of pyridine rings is 1. The van der Waals surface area contributed by atoms with E-state index >= 15 is 0 Å². The van der Waals surface area contributed by atoms with E-state index in [1.165, 1.54) is 18.4 Å². The summed E-state index contributed by atoms with van der Waals surface area (Å²) in [6.45, 7) is 0.0813. The molecule has 6 heteroatoms. The highest BCUT2D eigenvalue weighted by molar-refractivity contribution is 7.98. The van der Waals surface area contributed by atoms with Crippen molar-refractivity contribution in [2.75, 3.05) is 0 Å². The molecule has 1 N–H and O–H groups in total. The normalized spacial score (nSPS) is 14.0. The molecule has 1 aromatic carbocycles. The molecular formula is C18H18N4OS. The second-order valence-corrected chi connectivity index (χ2v) is 6.85. The molecular weight excluding hydrogens is 320 g/mol. The first-order valence-electron chi connectivity index (χ1n) is 8.02. The molecule has 0 radical (unpaired) electrons. The van der Waals surface area contributed by atoms with Gasteiger partial charge in [0.05, 0.1) is 6.61 Å². The minimum Gasteiger partial charge on any atom is -0.392 e. The fraction of sp³-hybridized carbons (Fsp3) is 0.278. The van der Waals surface area contributed by atoms with Crippen LogP contribution in [0.4, 0.5) is 0 Å². The van der Waals surface area contributed by atoms with Crippen LogP contribution >= 0.6 is 11.8 Å². The van der Waals surface area contributed by atoms with Gasteiger partial charge in [-0.1, -0.05) is 36.0 Å². The van der Waals surface area contributed by atoms with Crippen molar-refractivity contribution in [3.63, 3.8) is 0 Å². The fourth-order valence-corrected chi connectivity index (χ4v) is 3.58. The number of aliphatic hydroxyl groups excluding tert-OH is 1. The molecule has 3 aromatic rings. The zero-order valence-corrected chi connectivity index (χ0v) is 14.0. The quantitative estimate of drug-likeness (QED) is 0.697. The zero-order chi connectivity index (χ0) is 16.4. The molecule has 0 bridgehead atoms. The van der Waals surface area contributed by atoms with E-state index in [9.17, 15) is 0 Å². The van der Waals surface area contributed by atoms with Crippen molar-refractivity contribution < 1.29 is 5.11 Å². The van der Waals surface area contributed by atoms with Crippen LogP contribution in [0.2, 0.25) is 0 Å². The molecule has 0 atom stereocenters. The van der Waals surface area contributed by atoms with Gasteiger partial charge in [-0.25, -0.2) is 0 Å². The average molecular weight is 338 g/mol. The maximum absolute atomic E-state index is 9.12. The van der Waals surface area contributed by atoms with Crippen molar-refractivity contribution in [3.8, 4) is 11.4 Å². The van der Waals surface area contributed by atoms with Gasteiger partial charge in [0.25, 0.3) is 0 Å². The second kappa shape index (κ2) is 6.75. The summed E-state index contributed by atoms with van der Waals surface area (Å²) in [6.07, 6.45) is 5.98. The highest BCUT2D eigenvalue weighted by atomic mass is 32.2. The number of hydrogen-bond donors (Lipinski definition) is 1. The van der Waals surface area contributed by atoms with E-state index < -0.39 is 0 Å². The summed E-state index contributed by atoms with van der Waals surface area (Å²) in [4.78, 5) is 4.19. The van der Waals surface area contributed by atoms with Gasteiger partial charge in [0, 0.05) is 29.8 Å². The summed E-state index contributed by atoms with van der Waals surface area (Å²) in [5.41, 5.74) is 3.16. The third-order valence-corrected chi connectivity index (χ3v) is 5.08. The highest BCUT2D eigenvalue weighted by Gasteiger charge is 2.30. The first-order valence-corrected chi connectivity index (χ1v) is 9.00. The van der Waals surface area contributed by atoms with Gasteiger partial charge in [-0.2, -0.15) is 0 Å². The summed E-state index contributed by atoms with van der Waals surface area (Å²) in [5, 5.41) is 18.9. The van der Waals surface area contributed by atoms with E-state index in [0.29, 0.717) is 6.04 Å². The topological polar surface area (TPSA) is 63.8 Å². The first kappa shape index (κ1) is 15.4. The molecule has 1 aliphatic rings. The molecule has 122 valence electrons. The molecule has 0 saturated heterocycles. The van der Waals surface area contributed by atoms with Crippen molar-refractivity contribution in [1.29, 1.82) is 0 Å². The third kappa shape index (κ3) is 3.20. The Hall–Kier alpha value is -2.18. The summed E-state index contributed by atoms with van der Waals surface area (Å²) < 4.78 is 2.25. The van der Waals surface area contributed by atoms with Crippen molar-refractivity contribution in [2.24, 2.45) is 0 Å². The van der Waals surface area contributed by atoms with Crippen molar-refractivity contribution >= 4 is 11.8 Å². The standard InChI is InChI=1S/C18H18N4OS/c23-11-13-3-5-14(6-4-13)12-24-18-21-20-17(22(18)16-7-8-16)15-2-1-9-19-10-15/h1-6,9-10,16,23H,7-8,11-12H2. The Morgan fingerprint density at radius 1 is 1.08 bits per heavy atom. The average Bonchev–Trinajstić information content (AvgIpc) is 3.40. The first-order chi connectivity index (χ1) is 11.8. The predicted octanol–water partition coefficient (Wildman–Crippen LogP) is 3.46. The molecule has 1 saturated carbocycles. The third-order valence-electron chi connectivity index (χ3n) is 4.07. The number of benzene rings is 1. The van der Waals surface area contributed by atoms with E-state index in [1.54, 1.807) is 18.0 Å². The maximum atomic E-state index is 9.12. The SMILES string of the molecule is OCc1ccc(CSc2nnc(-c3cccnc3)n2C2CC2)cc1. The molecule has 5 nitrogen and oxygen atoms in total. The van der Waals surface area contributed by atoms with Gasteiger partial charge in [0.1, 0.15) is 0 Å². The smallest absolute Gasteiger partial charge is 0.192 e. The lowest BCUT2D eigenvalue weighted by molar-refractivity contribution is 0.282. The molecule has 2 aromatic heterocycles. The van der Waals surface area contributed by atoms with Crippen LogP contribution in [0.25, 0.3) is 11.4 Å². The molecule has 0 spiro atoms. The van der Waals surface area contributed by atoms with E-state index in [2.05, 4.69) is 31.9 Å². The van der Waals surface area contributed by atoms with E-state index in [1.807, 2.05) is 30.5 Å². The highest BCUT2D eigenvalue weighted by Crippen LogP contribution is 2.41. The molecule has 0 amide bonds. The predicted molar refractivity (Wildman–Crippen MR) is 93.4 cm³/mol. The van der Waals surface area contributed by atoms with Gasteiger partial charge in [-0.3, -0.25) is 9.55 Å². The number of nitrogens with zero attached hydrogens (tertiary/aromatic N) is 4. The summed E-state index contributed by atoms with van der Waals surface area (Å²) in [7, 11) is 0. The Kier molecular flexibility index (Phi) is 4.32. The molecule has 24 heavy (non-hydrogen) atoms. The van der Waals surface area contributed by atoms with Gasteiger partial charge < -0.3 is 5.11 Å². The number of hydrogen-bond acceptors (Lipinski definition) is 5. The van der Waals surface area contributed by atoms with Crippen LogP contribution in [0.15, 0.2) is 53.9 Å². The van der Waals surface area contributed by atoms with Crippen LogP contribution in [-0.2, 0) is 12.4 Å². The monoisotopic (exact) mass is 338 g/mol. The van der Waals surface area contributed by atoms with Crippen molar-refractivity contribution in [1.82, 2.24) is 19.7 Å². The molecule has 1 fully saturated rings. The summed E-state index contributed by atoms with van der Waals surface area (Å²) >= 11 is 1.70. The molecule has 0 unspecified atom stereocenters. The molecule has 2 heterocycles. The Balaban J connectivity index is 1.56. The van der Waals surface area contributed by atoms with Crippen LogP contribution in [0.3, 0.4) is 0 Å². The Labute approximate surface area is 144 Å². The largest absolute Gasteiger partial charge is 0.392 e. The maximum Gasteiger partial charge on any atom is 0.192 e. The van der Waals surface area contributed by atoms with Crippen LogP contribution in [0.5, 0.6) is 0 Å². The van der Waals surface area contributed by atoms with E-state index in [4.69, 9.17) is 5.11 Å². The van der Waals surface area contributed by atoms with Crippen LogP contribution in [0, 0.1) is 0 Å². The lowest BCUT2D eigenvalue weighted by atomic mass is 10.2. The van der Waals surface area contributed by atoms with Crippen LogP contribution in [0.1, 0.15) is 30.0 Å². The number of aromatic nitrogens is 4. The summed E-state index contributed by atoms with van der Waals surface area (Å²) in [5.74, 6) is 1.74. The number of aliphatic hydroxyl groups is 1. The lowest BCUT2D eigenvalue weighted by Gasteiger charge is -2.08. The molecule has 4 rings (SSSR count). The van der Waals surface area contributed by atoms with Crippen LogP contribution < -0.4 is 0 Å². The van der Waals surface area contributed by atoms with Crippen LogP contribution in [-0.4, -0.2) is 24.9 Å². The van der Waals surface area contributed by atoms with Gasteiger partial charge in [-0.15, -0.1) is 10.2 Å². The fourth-order valence-electron chi connectivity index (χ4n) is 2.62. The Bertz CT molecular complexity index is 813. The number of thioether (sulfide) groups is 1. The van der Waals surface area contributed by atoms with Gasteiger partial charge in [0.2, 0.25) is 0 Å². The Morgan fingerprint density at radius 2 is 1.88 bits per heavy atom. The van der Waals surface area contributed by atoms with Crippen molar-refractivity contribution in [2.45, 2.75) is 36.4 Å². The minimum atomic E-state index is 0.0813. The van der Waals surface area contributed by atoms with Gasteiger partial charge in [0.15, 0.2) is 11.0 Å². The molecule has 0 aliphatic heterocycles.